The molecule has 8 heteroatoms. The lowest BCUT2D eigenvalue weighted by Gasteiger charge is -2.49. The molecule has 1 spiro atoms. The summed E-state index contributed by atoms with van der Waals surface area (Å²) in [5.41, 5.74) is -0.303. The summed E-state index contributed by atoms with van der Waals surface area (Å²) in [5.74, 6) is 1.62. The molecular formula is C19H33N3O4S. The topological polar surface area (TPSA) is 71.4 Å². The van der Waals surface area contributed by atoms with Crippen LogP contribution < -0.4 is 0 Å². The summed E-state index contributed by atoms with van der Waals surface area (Å²) in [6.45, 7) is 7.95. The molecule has 0 aliphatic carbocycles. The molecule has 0 atom stereocenters. The fourth-order valence-corrected chi connectivity index (χ4v) is 7.21. The van der Waals surface area contributed by atoms with Gasteiger partial charge in [-0.1, -0.05) is 0 Å². The molecule has 154 valence electrons. The van der Waals surface area contributed by atoms with Crippen LogP contribution in [0.2, 0.25) is 0 Å². The molecule has 4 fully saturated rings. The molecule has 0 bridgehead atoms. The van der Waals surface area contributed by atoms with Crippen LogP contribution >= 0.6 is 0 Å². The van der Waals surface area contributed by atoms with E-state index in [2.05, 4.69) is 9.26 Å². The molecule has 27 heavy (non-hydrogen) atoms. The quantitative estimate of drug-likeness (QED) is 0.707. The Morgan fingerprint density at radius 3 is 2.56 bits per heavy atom. The van der Waals surface area contributed by atoms with Gasteiger partial charge in [0.25, 0.3) is 0 Å². The largest absolute Gasteiger partial charge is 0.381 e. The van der Waals surface area contributed by atoms with Crippen LogP contribution in [-0.2, 0) is 24.0 Å². The third-order valence-corrected chi connectivity index (χ3v) is 9.06. The average molecular weight is 400 g/mol. The van der Waals surface area contributed by atoms with Crippen molar-refractivity contribution in [3.8, 4) is 0 Å². The SMILES string of the molecule is CCN=S1(=O)CCC2(CC1)CN(C(=O)C1CN(C3CCOCC3)C1)CCO2. The standard InChI is InChI=1S/C19H33N3O4S/c1-2-20-27(24)11-5-19(6-12-27)15-21(7-10-26-19)18(23)16-13-22(14-16)17-3-8-25-9-4-17/h16-17H,2-15H2,1H3. The van der Waals surface area contributed by atoms with Crippen LogP contribution in [0.25, 0.3) is 0 Å². The van der Waals surface area contributed by atoms with Gasteiger partial charge in [0.15, 0.2) is 0 Å². The first kappa shape index (κ1) is 19.6. The van der Waals surface area contributed by atoms with E-state index in [1.54, 1.807) is 0 Å². The number of likely N-dealkylation sites (tertiary alicyclic amines) is 1. The monoisotopic (exact) mass is 399 g/mol. The van der Waals surface area contributed by atoms with Crippen LogP contribution in [0.4, 0.5) is 0 Å². The summed E-state index contributed by atoms with van der Waals surface area (Å²) in [6, 6.07) is 0.590. The molecule has 4 aliphatic heterocycles. The molecule has 0 unspecified atom stereocenters. The minimum atomic E-state index is -2.06. The van der Waals surface area contributed by atoms with Crippen LogP contribution in [0, 0.1) is 5.92 Å². The maximum atomic E-state index is 13.0. The highest BCUT2D eigenvalue weighted by atomic mass is 32.2. The number of morpholine rings is 1. The molecule has 0 saturated carbocycles. The first-order chi connectivity index (χ1) is 13.0. The van der Waals surface area contributed by atoms with Gasteiger partial charge >= 0.3 is 0 Å². The van der Waals surface area contributed by atoms with E-state index in [1.165, 1.54) is 0 Å². The molecule has 4 rings (SSSR count). The van der Waals surface area contributed by atoms with Crippen molar-refractivity contribution >= 4 is 15.6 Å². The van der Waals surface area contributed by atoms with E-state index in [4.69, 9.17) is 9.47 Å². The number of amides is 1. The van der Waals surface area contributed by atoms with Crippen molar-refractivity contribution < 1.29 is 18.5 Å². The van der Waals surface area contributed by atoms with Crippen LogP contribution in [0.3, 0.4) is 0 Å². The van der Waals surface area contributed by atoms with Gasteiger partial charge in [0.2, 0.25) is 5.91 Å². The van der Waals surface area contributed by atoms with Crippen molar-refractivity contribution in [2.45, 2.75) is 44.2 Å². The van der Waals surface area contributed by atoms with Gasteiger partial charge < -0.3 is 14.4 Å². The highest BCUT2D eigenvalue weighted by molar-refractivity contribution is 7.93. The zero-order valence-corrected chi connectivity index (χ0v) is 17.3. The molecule has 4 aliphatic rings. The number of hydrogen-bond acceptors (Lipinski definition) is 6. The first-order valence-electron chi connectivity index (χ1n) is 10.5. The van der Waals surface area contributed by atoms with E-state index in [9.17, 15) is 9.00 Å². The van der Waals surface area contributed by atoms with Gasteiger partial charge in [-0.15, -0.1) is 0 Å². The van der Waals surface area contributed by atoms with Crippen molar-refractivity contribution in [2.24, 2.45) is 10.3 Å². The van der Waals surface area contributed by atoms with Crippen molar-refractivity contribution in [1.29, 1.82) is 0 Å². The number of rotatable bonds is 3. The Morgan fingerprint density at radius 2 is 1.89 bits per heavy atom. The molecule has 4 heterocycles. The van der Waals surface area contributed by atoms with E-state index in [0.717, 1.165) is 52.0 Å². The predicted octanol–water partition coefficient (Wildman–Crippen LogP) is 0.977. The fourth-order valence-electron chi connectivity index (χ4n) is 4.89. The molecule has 0 aromatic carbocycles. The maximum absolute atomic E-state index is 13.0. The molecule has 4 saturated heterocycles. The van der Waals surface area contributed by atoms with Crippen molar-refractivity contribution in [2.75, 3.05) is 64.1 Å². The molecular weight excluding hydrogens is 366 g/mol. The van der Waals surface area contributed by atoms with Crippen LogP contribution in [0.1, 0.15) is 32.6 Å². The minimum Gasteiger partial charge on any atom is -0.381 e. The number of carbonyl (C=O) groups is 1. The minimum absolute atomic E-state index is 0.130. The van der Waals surface area contributed by atoms with Gasteiger partial charge in [-0.3, -0.25) is 9.69 Å². The van der Waals surface area contributed by atoms with Gasteiger partial charge in [0, 0.05) is 73.2 Å². The Labute approximate surface area is 162 Å². The van der Waals surface area contributed by atoms with E-state index in [1.807, 2.05) is 11.8 Å². The van der Waals surface area contributed by atoms with Crippen LogP contribution in [0.15, 0.2) is 4.36 Å². The second-order valence-electron chi connectivity index (χ2n) is 8.41. The van der Waals surface area contributed by atoms with E-state index in [0.29, 0.717) is 43.8 Å². The molecule has 0 aromatic heterocycles. The second kappa shape index (κ2) is 7.97. The van der Waals surface area contributed by atoms with Gasteiger partial charge in [-0.2, -0.15) is 0 Å². The molecule has 0 radical (unpaired) electrons. The zero-order valence-electron chi connectivity index (χ0n) is 16.4. The highest BCUT2D eigenvalue weighted by Crippen LogP contribution is 2.33. The van der Waals surface area contributed by atoms with Crippen molar-refractivity contribution in [3.05, 3.63) is 0 Å². The van der Waals surface area contributed by atoms with Gasteiger partial charge in [-0.05, 0) is 32.6 Å². The Morgan fingerprint density at radius 1 is 1.19 bits per heavy atom. The number of carbonyl (C=O) groups excluding carboxylic acids is 1. The Hall–Kier alpha value is -0.700. The second-order valence-corrected chi connectivity index (χ2v) is 11.0. The number of nitrogens with zero attached hydrogens (tertiary/aromatic N) is 3. The fraction of sp³-hybridized carbons (Fsp3) is 0.947. The Bertz CT molecular complexity index is 650. The Kier molecular flexibility index (Phi) is 5.79. The lowest BCUT2D eigenvalue weighted by molar-refractivity contribution is -0.162. The van der Waals surface area contributed by atoms with Crippen molar-refractivity contribution in [1.82, 2.24) is 9.80 Å². The van der Waals surface area contributed by atoms with Crippen LogP contribution in [-0.4, -0.2) is 95.6 Å². The maximum Gasteiger partial charge on any atom is 0.228 e. The zero-order chi connectivity index (χ0) is 18.9. The van der Waals surface area contributed by atoms with E-state index < -0.39 is 9.73 Å². The van der Waals surface area contributed by atoms with Crippen molar-refractivity contribution in [3.63, 3.8) is 0 Å². The molecule has 0 N–H and O–H groups in total. The number of ether oxygens (including phenoxy) is 2. The third-order valence-electron chi connectivity index (χ3n) is 6.64. The van der Waals surface area contributed by atoms with Gasteiger partial charge in [0.05, 0.1) is 18.1 Å². The highest BCUT2D eigenvalue weighted by Gasteiger charge is 2.45. The summed E-state index contributed by atoms with van der Waals surface area (Å²) in [4.78, 5) is 17.5. The molecule has 0 aromatic rings. The van der Waals surface area contributed by atoms with Gasteiger partial charge in [-0.25, -0.2) is 8.57 Å². The summed E-state index contributed by atoms with van der Waals surface area (Å²) in [6.07, 6.45) is 3.67. The summed E-state index contributed by atoms with van der Waals surface area (Å²) >= 11 is 0. The summed E-state index contributed by atoms with van der Waals surface area (Å²) in [5, 5.41) is 0. The van der Waals surface area contributed by atoms with E-state index >= 15 is 0 Å². The first-order valence-corrected chi connectivity index (χ1v) is 12.3. The lowest BCUT2D eigenvalue weighted by Crippen LogP contribution is -2.62. The summed E-state index contributed by atoms with van der Waals surface area (Å²) in [7, 11) is -2.06. The molecule has 1 amide bonds. The van der Waals surface area contributed by atoms with Gasteiger partial charge in [0.1, 0.15) is 0 Å². The van der Waals surface area contributed by atoms with Crippen LogP contribution in [0.5, 0.6) is 0 Å². The van der Waals surface area contributed by atoms with E-state index in [-0.39, 0.29) is 17.4 Å². The predicted molar refractivity (Wildman–Crippen MR) is 104 cm³/mol. The average Bonchev–Trinajstić information content (AvgIpc) is 2.65. The molecule has 7 nitrogen and oxygen atoms in total. The number of hydrogen-bond donors (Lipinski definition) is 0. The smallest absolute Gasteiger partial charge is 0.228 e. The normalized spacial score (nSPS) is 36.6. The Balaban J connectivity index is 1.31. The lowest BCUT2D eigenvalue weighted by atomic mass is 9.90. The summed E-state index contributed by atoms with van der Waals surface area (Å²) < 4.78 is 28.6. The third kappa shape index (κ3) is 4.18.